The molecule has 1 heterocycles. The number of rotatable bonds is 2. The first kappa shape index (κ1) is 11.2. The summed E-state index contributed by atoms with van der Waals surface area (Å²) in [5.41, 5.74) is 7.36. The molecule has 2 N–H and O–H groups in total. The van der Waals surface area contributed by atoms with Crippen LogP contribution in [0.2, 0.25) is 0 Å². The lowest BCUT2D eigenvalue weighted by molar-refractivity contribution is 0.300. The van der Waals surface area contributed by atoms with Crippen LogP contribution in [0, 0.1) is 0 Å². The lowest BCUT2D eigenvalue weighted by Gasteiger charge is -2.34. The molecular weight excluding hydrogens is 228 g/mol. The zero-order valence-corrected chi connectivity index (χ0v) is 10.8. The summed E-state index contributed by atoms with van der Waals surface area (Å²) in [6, 6.07) is 8.40. The van der Waals surface area contributed by atoms with Gasteiger partial charge in [-0.1, -0.05) is 31.4 Å². The van der Waals surface area contributed by atoms with Crippen molar-refractivity contribution in [3.05, 3.63) is 29.3 Å². The SMILES string of the molecule is NCC1(c2nc3ccccc3s2)CCCCC1. The lowest BCUT2D eigenvalue weighted by Crippen LogP contribution is -2.36. The number of thiazole rings is 1. The van der Waals surface area contributed by atoms with Crippen molar-refractivity contribution in [3.8, 4) is 0 Å². The highest BCUT2D eigenvalue weighted by Crippen LogP contribution is 2.41. The number of hydrogen-bond donors (Lipinski definition) is 1. The molecule has 0 saturated heterocycles. The number of aromatic nitrogens is 1. The number of fused-ring (bicyclic) bond motifs is 1. The Balaban J connectivity index is 2.05. The highest BCUT2D eigenvalue weighted by molar-refractivity contribution is 7.18. The van der Waals surface area contributed by atoms with Crippen molar-refractivity contribution in [3.63, 3.8) is 0 Å². The summed E-state index contributed by atoms with van der Waals surface area (Å²) in [6.45, 7) is 0.743. The van der Waals surface area contributed by atoms with Crippen molar-refractivity contribution in [2.24, 2.45) is 5.73 Å². The first-order valence-corrected chi connectivity index (χ1v) is 7.22. The van der Waals surface area contributed by atoms with E-state index in [0.717, 1.165) is 12.1 Å². The van der Waals surface area contributed by atoms with Crippen molar-refractivity contribution in [1.29, 1.82) is 0 Å². The van der Waals surface area contributed by atoms with Gasteiger partial charge in [0.2, 0.25) is 0 Å². The molecule has 1 aromatic heterocycles. The molecule has 0 amide bonds. The van der Waals surface area contributed by atoms with E-state index in [2.05, 4.69) is 24.3 Å². The van der Waals surface area contributed by atoms with Gasteiger partial charge in [0.25, 0.3) is 0 Å². The normalized spacial score (nSPS) is 19.6. The zero-order chi connectivity index (χ0) is 11.7. The van der Waals surface area contributed by atoms with Crippen LogP contribution in [0.5, 0.6) is 0 Å². The summed E-state index contributed by atoms with van der Waals surface area (Å²) in [4.78, 5) is 4.82. The minimum atomic E-state index is 0.169. The third kappa shape index (κ3) is 1.87. The van der Waals surface area contributed by atoms with Crippen LogP contribution < -0.4 is 5.73 Å². The Kier molecular flexibility index (Phi) is 2.89. The molecule has 0 bridgehead atoms. The van der Waals surface area contributed by atoms with Crippen molar-refractivity contribution in [2.75, 3.05) is 6.54 Å². The van der Waals surface area contributed by atoms with Crippen molar-refractivity contribution in [1.82, 2.24) is 4.98 Å². The molecule has 2 nitrogen and oxygen atoms in total. The fraction of sp³-hybridized carbons (Fsp3) is 0.500. The summed E-state index contributed by atoms with van der Waals surface area (Å²) < 4.78 is 1.29. The molecule has 0 radical (unpaired) electrons. The third-order valence-corrected chi connectivity index (χ3v) is 5.23. The number of benzene rings is 1. The fourth-order valence-corrected chi connectivity index (χ4v) is 4.05. The van der Waals surface area contributed by atoms with Crippen LogP contribution >= 0.6 is 11.3 Å². The Labute approximate surface area is 106 Å². The minimum absolute atomic E-state index is 0.169. The third-order valence-electron chi connectivity index (χ3n) is 3.95. The van der Waals surface area contributed by atoms with Crippen LogP contribution in [0.25, 0.3) is 10.2 Å². The number of nitrogens with two attached hydrogens (primary N) is 1. The van der Waals surface area contributed by atoms with Crippen LogP contribution in [-0.2, 0) is 5.41 Å². The number of nitrogens with zero attached hydrogens (tertiary/aromatic N) is 1. The zero-order valence-electron chi connectivity index (χ0n) is 9.98. The van der Waals surface area contributed by atoms with E-state index in [4.69, 9.17) is 10.7 Å². The highest BCUT2D eigenvalue weighted by Gasteiger charge is 2.35. The maximum Gasteiger partial charge on any atom is 0.101 e. The number of para-hydroxylation sites is 1. The van der Waals surface area contributed by atoms with Crippen LogP contribution in [0.1, 0.15) is 37.1 Å². The summed E-state index contributed by atoms with van der Waals surface area (Å²) >= 11 is 1.84. The molecule has 0 spiro atoms. The second-order valence-electron chi connectivity index (χ2n) is 5.03. The van der Waals surface area contributed by atoms with Crippen LogP contribution in [0.15, 0.2) is 24.3 Å². The Morgan fingerprint density at radius 2 is 1.94 bits per heavy atom. The van der Waals surface area contributed by atoms with Gasteiger partial charge in [-0.05, 0) is 25.0 Å². The van der Waals surface area contributed by atoms with Gasteiger partial charge >= 0.3 is 0 Å². The average Bonchev–Trinajstić information content (AvgIpc) is 2.84. The first-order chi connectivity index (χ1) is 8.34. The molecule has 1 saturated carbocycles. The van der Waals surface area contributed by atoms with Gasteiger partial charge in [-0.3, -0.25) is 0 Å². The Morgan fingerprint density at radius 1 is 1.18 bits per heavy atom. The Morgan fingerprint density at radius 3 is 2.65 bits per heavy atom. The van der Waals surface area contributed by atoms with Crippen molar-refractivity contribution >= 4 is 21.6 Å². The van der Waals surface area contributed by atoms with E-state index in [1.165, 1.54) is 41.8 Å². The van der Waals surface area contributed by atoms with Gasteiger partial charge in [-0.15, -0.1) is 11.3 Å². The van der Waals surface area contributed by atoms with Gasteiger partial charge < -0.3 is 5.73 Å². The monoisotopic (exact) mass is 246 g/mol. The van der Waals surface area contributed by atoms with E-state index in [-0.39, 0.29) is 5.41 Å². The van der Waals surface area contributed by atoms with Crippen molar-refractivity contribution < 1.29 is 0 Å². The fourth-order valence-electron chi connectivity index (χ4n) is 2.83. The van der Waals surface area contributed by atoms with Gasteiger partial charge in [0.1, 0.15) is 5.01 Å². The van der Waals surface area contributed by atoms with Gasteiger partial charge in [0.05, 0.1) is 10.2 Å². The minimum Gasteiger partial charge on any atom is -0.329 e. The van der Waals surface area contributed by atoms with Gasteiger partial charge in [-0.2, -0.15) is 0 Å². The topological polar surface area (TPSA) is 38.9 Å². The molecule has 0 unspecified atom stereocenters. The standard InChI is InChI=1S/C14H18N2S/c15-10-14(8-4-1-5-9-14)13-16-11-6-2-3-7-12(11)17-13/h2-3,6-7H,1,4-5,8-10,15H2. The molecule has 2 aromatic rings. The first-order valence-electron chi connectivity index (χ1n) is 6.40. The molecule has 1 aromatic carbocycles. The molecule has 90 valence electrons. The van der Waals surface area contributed by atoms with Crippen LogP contribution in [0.4, 0.5) is 0 Å². The summed E-state index contributed by atoms with van der Waals surface area (Å²) in [7, 11) is 0. The Bertz CT molecular complexity index is 479. The average molecular weight is 246 g/mol. The van der Waals surface area contributed by atoms with Gasteiger partial charge in [0, 0.05) is 12.0 Å². The van der Waals surface area contributed by atoms with E-state index in [9.17, 15) is 0 Å². The van der Waals surface area contributed by atoms with E-state index >= 15 is 0 Å². The maximum absolute atomic E-state index is 6.06. The summed E-state index contributed by atoms with van der Waals surface area (Å²) in [5, 5.41) is 1.26. The lowest BCUT2D eigenvalue weighted by atomic mass is 9.74. The maximum atomic E-state index is 6.06. The molecule has 3 heteroatoms. The van der Waals surface area contributed by atoms with E-state index in [0.29, 0.717) is 0 Å². The quantitative estimate of drug-likeness (QED) is 0.881. The van der Waals surface area contributed by atoms with Gasteiger partial charge in [-0.25, -0.2) is 4.98 Å². The molecule has 3 rings (SSSR count). The van der Waals surface area contributed by atoms with E-state index in [1.54, 1.807) is 0 Å². The van der Waals surface area contributed by atoms with Crippen LogP contribution in [-0.4, -0.2) is 11.5 Å². The summed E-state index contributed by atoms with van der Waals surface area (Å²) in [6.07, 6.45) is 6.37. The molecule has 1 fully saturated rings. The highest BCUT2D eigenvalue weighted by atomic mass is 32.1. The predicted octanol–water partition coefficient (Wildman–Crippen LogP) is 3.46. The predicted molar refractivity (Wildman–Crippen MR) is 73.4 cm³/mol. The second kappa shape index (κ2) is 4.39. The van der Waals surface area contributed by atoms with Gasteiger partial charge in [0.15, 0.2) is 0 Å². The second-order valence-corrected chi connectivity index (χ2v) is 6.06. The molecule has 1 aliphatic carbocycles. The largest absolute Gasteiger partial charge is 0.329 e. The molecule has 0 aliphatic heterocycles. The summed E-state index contributed by atoms with van der Waals surface area (Å²) in [5.74, 6) is 0. The molecule has 17 heavy (non-hydrogen) atoms. The smallest absolute Gasteiger partial charge is 0.101 e. The van der Waals surface area contributed by atoms with E-state index < -0.39 is 0 Å². The molecule has 0 atom stereocenters. The Hall–Kier alpha value is -0.930. The van der Waals surface area contributed by atoms with Crippen LogP contribution in [0.3, 0.4) is 0 Å². The molecule has 1 aliphatic rings. The molecular formula is C14H18N2S. The van der Waals surface area contributed by atoms with Crippen molar-refractivity contribution in [2.45, 2.75) is 37.5 Å². The van der Waals surface area contributed by atoms with E-state index in [1.807, 2.05) is 11.3 Å². The number of hydrogen-bond acceptors (Lipinski definition) is 3.